The number of sulfonamides is 1. The Morgan fingerprint density at radius 1 is 0.947 bits per heavy atom. The summed E-state index contributed by atoms with van der Waals surface area (Å²) in [4.78, 5) is 28.5. The van der Waals surface area contributed by atoms with Crippen molar-refractivity contribution in [2.24, 2.45) is 0 Å². The molecule has 0 aliphatic heterocycles. The number of nitrogens with one attached hydrogen (secondary N) is 1. The van der Waals surface area contributed by atoms with Crippen LogP contribution >= 0.6 is 0 Å². The topological polar surface area (TPSA) is 96.0 Å². The van der Waals surface area contributed by atoms with E-state index in [9.17, 15) is 22.4 Å². The number of likely N-dealkylation sites (N-methyl/N-ethyl adjacent to an activating group) is 1. The number of nitrogens with zero attached hydrogens (tertiary/aromatic N) is 2. The van der Waals surface area contributed by atoms with Crippen LogP contribution in [0.5, 0.6) is 5.75 Å². The van der Waals surface area contributed by atoms with E-state index in [4.69, 9.17) is 4.74 Å². The van der Waals surface area contributed by atoms with Gasteiger partial charge in [0.1, 0.15) is 24.2 Å². The zero-order valence-electron chi connectivity index (χ0n) is 21.6. The summed E-state index contributed by atoms with van der Waals surface area (Å²) in [5.41, 5.74) is 1.61. The van der Waals surface area contributed by atoms with Gasteiger partial charge in [-0.15, -0.1) is 0 Å². The lowest BCUT2D eigenvalue weighted by Crippen LogP contribution is -2.53. The summed E-state index contributed by atoms with van der Waals surface area (Å²) >= 11 is 0. The van der Waals surface area contributed by atoms with Gasteiger partial charge in [0.15, 0.2) is 0 Å². The number of amides is 2. The predicted octanol–water partition coefficient (Wildman–Crippen LogP) is 3.38. The van der Waals surface area contributed by atoms with Gasteiger partial charge in [-0.2, -0.15) is 0 Å². The van der Waals surface area contributed by atoms with Gasteiger partial charge in [-0.05, 0) is 42.3 Å². The molecule has 0 aliphatic carbocycles. The quantitative estimate of drug-likeness (QED) is 0.379. The minimum atomic E-state index is -3.92. The Morgan fingerprint density at radius 2 is 1.58 bits per heavy atom. The normalized spacial score (nSPS) is 11.9. The van der Waals surface area contributed by atoms with E-state index in [-0.39, 0.29) is 30.3 Å². The molecule has 1 N–H and O–H groups in total. The summed E-state index contributed by atoms with van der Waals surface area (Å²) in [7, 11) is -2.51. The maximum Gasteiger partial charge on any atom is 0.244 e. The highest BCUT2D eigenvalue weighted by molar-refractivity contribution is 7.92. The summed E-state index contributed by atoms with van der Waals surface area (Å²) in [6, 6.07) is 20.4. The van der Waals surface area contributed by atoms with Crippen molar-refractivity contribution < 1.29 is 27.1 Å². The van der Waals surface area contributed by atoms with Gasteiger partial charge in [-0.25, -0.2) is 12.8 Å². The third-order valence-corrected chi connectivity index (χ3v) is 7.05. The van der Waals surface area contributed by atoms with Crippen LogP contribution in [0.25, 0.3) is 0 Å². The summed E-state index contributed by atoms with van der Waals surface area (Å²) in [6.45, 7) is 1.53. The van der Waals surface area contributed by atoms with E-state index in [0.29, 0.717) is 12.1 Å². The largest absolute Gasteiger partial charge is 0.495 e. The molecule has 3 rings (SSSR count). The van der Waals surface area contributed by atoms with Crippen LogP contribution in [-0.4, -0.2) is 57.6 Å². The monoisotopic (exact) mass is 541 g/mol. The van der Waals surface area contributed by atoms with Crippen LogP contribution in [0.15, 0.2) is 78.9 Å². The number of para-hydroxylation sites is 2. The molecule has 0 heterocycles. The first-order chi connectivity index (χ1) is 18.1. The molecule has 0 aliphatic rings. The van der Waals surface area contributed by atoms with Crippen molar-refractivity contribution in [3.05, 3.63) is 95.8 Å². The SMILES string of the molecule is CCNC(=O)[C@H](Cc1ccccc1)N(Cc1ccc(F)cc1)C(=O)CN(c1ccccc1OC)S(C)(=O)=O. The summed E-state index contributed by atoms with van der Waals surface area (Å²) in [5.74, 6) is -1.14. The number of ether oxygens (including phenoxy) is 1. The molecule has 8 nitrogen and oxygen atoms in total. The average Bonchev–Trinajstić information content (AvgIpc) is 2.90. The molecule has 202 valence electrons. The Bertz CT molecular complexity index is 1330. The first kappa shape index (κ1) is 28.6. The van der Waals surface area contributed by atoms with Crippen LogP contribution in [0, 0.1) is 5.82 Å². The lowest BCUT2D eigenvalue weighted by Gasteiger charge is -2.33. The molecule has 38 heavy (non-hydrogen) atoms. The summed E-state index contributed by atoms with van der Waals surface area (Å²) < 4.78 is 45.5. The minimum Gasteiger partial charge on any atom is -0.495 e. The molecule has 0 radical (unpaired) electrons. The van der Waals surface area contributed by atoms with Gasteiger partial charge in [-0.1, -0.05) is 54.6 Å². The van der Waals surface area contributed by atoms with Crippen LogP contribution in [-0.2, 0) is 32.6 Å². The molecule has 0 aromatic heterocycles. The van der Waals surface area contributed by atoms with E-state index in [1.807, 2.05) is 30.3 Å². The van der Waals surface area contributed by atoms with Crippen LogP contribution in [0.2, 0.25) is 0 Å². The minimum absolute atomic E-state index is 0.0305. The number of hydrogen-bond donors (Lipinski definition) is 1. The van der Waals surface area contributed by atoms with Gasteiger partial charge in [0, 0.05) is 19.5 Å². The zero-order chi connectivity index (χ0) is 27.7. The number of halogens is 1. The lowest BCUT2D eigenvalue weighted by atomic mass is 10.0. The summed E-state index contributed by atoms with van der Waals surface area (Å²) in [6.07, 6.45) is 1.20. The highest BCUT2D eigenvalue weighted by atomic mass is 32.2. The van der Waals surface area contributed by atoms with Crippen molar-refractivity contribution in [2.45, 2.75) is 25.9 Å². The molecule has 2 amide bonds. The van der Waals surface area contributed by atoms with Gasteiger partial charge in [0.2, 0.25) is 21.8 Å². The van der Waals surface area contributed by atoms with Crippen LogP contribution in [0.1, 0.15) is 18.1 Å². The highest BCUT2D eigenvalue weighted by Gasteiger charge is 2.33. The number of anilines is 1. The maximum absolute atomic E-state index is 13.9. The van der Waals surface area contributed by atoms with E-state index in [1.54, 1.807) is 31.2 Å². The van der Waals surface area contributed by atoms with E-state index in [2.05, 4.69) is 5.32 Å². The third-order valence-electron chi connectivity index (χ3n) is 5.92. The molecule has 3 aromatic rings. The van der Waals surface area contributed by atoms with E-state index >= 15 is 0 Å². The van der Waals surface area contributed by atoms with E-state index in [0.717, 1.165) is 16.1 Å². The molecule has 0 bridgehead atoms. The Kier molecular flexibility index (Phi) is 9.84. The first-order valence-electron chi connectivity index (χ1n) is 12.1. The van der Waals surface area contributed by atoms with Crippen LogP contribution in [0.3, 0.4) is 0 Å². The van der Waals surface area contributed by atoms with Crippen molar-refractivity contribution in [3.8, 4) is 5.75 Å². The second kappa shape index (κ2) is 13.0. The molecule has 1 atom stereocenters. The van der Waals surface area contributed by atoms with Gasteiger partial charge in [0.05, 0.1) is 19.1 Å². The fourth-order valence-corrected chi connectivity index (χ4v) is 4.92. The van der Waals surface area contributed by atoms with Crippen LogP contribution < -0.4 is 14.4 Å². The Balaban J connectivity index is 2.05. The van der Waals surface area contributed by atoms with Gasteiger partial charge < -0.3 is 15.0 Å². The van der Waals surface area contributed by atoms with E-state index in [1.165, 1.54) is 36.3 Å². The Morgan fingerprint density at radius 3 is 2.18 bits per heavy atom. The number of benzene rings is 3. The molecule has 0 unspecified atom stereocenters. The number of hydrogen-bond acceptors (Lipinski definition) is 5. The fourth-order valence-electron chi connectivity index (χ4n) is 4.06. The molecule has 3 aromatic carbocycles. The van der Waals surface area contributed by atoms with Crippen molar-refractivity contribution in [3.63, 3.8) is 0 Å². The summed E-state index contributed by atoms with van der Waals surface area (Å²) in [5, 5.41) is 2.78. The second-order valence-corrected chi connectivity index (χ2v) is 10.6. The van der Waals surface area contributed by atoms with Crippen molar-refractivity contribution >= 4 is 27.5 Å². The maximum atomic E-state index is 13.9. The molecule has 0 saturated carbocycles. The number of methoxy groups -OCH3 is 1. The molecule has 0 saturated heterocycles. The molecule has 10 heteroatoms. The number of carbonyl (C=O) groups is 2. The fraction of sp³-hybridized carbons (Fsp3) is 0.286. The average molecular weight is 542 g/mol. The van der Waals surface area contributed by atoms with Crippen LogP contribution in [0.4, 0.5) is 10.1 Å². The first-order valence-corrected chi connectivity index (χ1v) is 13.9. The third kappa shape index (κ3) is 7.55. The van der Waals surface area contributed by atoms with Gasteiger partial charge >= 0.3 is 0 Å². The van der Waals surface area contributed by atoms with Crippen molar-refractivity contribution in [2.75, 3.05) is 30.8 Å². The van der Waals surface area contributed by atoms with Gasteiger partial charge in [-0.3, -0.25) is 13.9 Å². The lowest BCUT2D eigenvalue weighted by molar-refractivity contribution is -0.140. The number of rotatable bonds is 12. The standard InChI is InChI=1S/C28H32FN3O5S/c1-4-30-28(34)25(18-21-10-6-5-7-11-21)31(19-22-14-16-23(29)17-15-22)27(33)20-32(38(3,35)36)24-12-8-9-13-26(24)37-2/h5-17,25H,4,18-20H2,1-3H3,(H,30,34)/t25-/m0/s1. The molecular weight excluding hydrogens is 509 g/mol. The smallest absolute Gasteiger partial charge is 0.244 e. The van der Waals surface area contributed by atoms with Crippen molar-refractivity contribution in [1.82, 2.24) is 10.2 Å². The molecule has 0 spiro atoms. The van der Waals surface area contributed by atoms with E-state index < -0.39 is 34.3 Å². The van der Waals surface area contributed by atoms with Crippen molar-refractivity contribution in [1.29, 1.82) is 0 Å². The highest BCUT2D eigenvalue weighted by Crippen LogP contribution is 2.30. The molecule has 0 fully saturated rings. The zero-order valence-corrected chi connectivity index (χ0v) is 22.4. The molecular formula is C28H32FN3O5S. The Labute approximate surface area is 223 Å². The predicted molar refractivity (Wildman–Crippen MR) is 145 cm³/mol. The number of carbonyl (C=O) groups excluding carboxylic acids is 2. The second-order valence-electron chi connectivity index (χ2n) is 8.69. The van der Waals surface area contributed by atoms with Gasteiger partial charge in [0.25, 0.3) is 0 Å². The Hall–Kier alpha value is -3.92.